The van der Waals surface area contributed by atoms with Crippen molar-refractivity contribution in [3.63, 3.8) is 0 Å². The number of sulfonamides is 1. The van der Waals surface area contributed by atoms with E-state index in [2.05, 4.69) is 10.4 Å². The van der Waals surface area contributed by atoms with E-state index in [4.69, 9.17) is 0 Å². The Labute approximate surface area is 145 Å². The lowest BCUT2D eigenvalue weighted by molar-refractivity contribution is 0.0511. The highest BCUT2D eigenvalue weighted by Crippen LogP contribution is 2.22. The molecule has 1 unspecified atom stereocenters. The number of rotatable bonds is 6. The zero-order valence-corrected chi connectivity index (χ0v) is 14.4. The van der Waals surface area contributed by atoms with Gasteiger partial charge in [0, 0.05) is 26.2 Å². The summed E-state index contributed by atoms with van der Waals surface area (Å²) >= 11 is 0. The van der Waals surface area contributed by atoms with Crippen molar-refractivity contribution in [3.8, 4) is 0 Å². The summed E-state index contributed by atoms with van der Waals surface area (Å²) in [5.74, 6) is 0. The van der Waals surface area contributed by atoms with Gasteiger partial charge in [-0.3, -0.25) is 4.68 Å². The fourth-order valence-electron chi connectivity index (χ4n) is 2.93. The molecule has 2 aromatic rings. The summed E-state index contributed by atoms with van der Waals surface area (Å²) in [6.07, 6.45) is -0.759. The van der Waals surface area contributed by atoms with Crippen LogP contribution in [0.4, 0.5) is 8.78 Å². The molecule has 1 aromatic carbocycles. The molecule has 1 aromatic heterocycles. The minimum absolute atomic E-state index is 0.0151. The zero-order chi connectivity index (χ0) is 17.9. The standard InChI is InChI=1S/C16H20F2N4O2S/c17-16(18)14-12-19-9-11-22(14)25(23,24)15-6-8-20-21(15)10-7-13-4-2-1-3-5-13/h1-6,8,14,16,19H,7,9-12H2. The van der Waals surface area contributed by atoms with E-state index >= 15 is 0 Å². The lowest BCUT2D eigenvalue weighted by atomic mass is 10.1. The second-order valence-electron chi connectivity index (χ2n) is 5.85. The van der Waals surface area contributed by atoms with Gasteiger partial charge in [-0.2, -0.15) is 9.40 Å². The Bertz CT molecular complexity index is 795. The molecule has 25 heavy (non-hydrogen) atoms. The van der Waals surface area contributed by atoms with Crippen LogP contribution in [-0.2, 0) is 23.0 Å². The number of hydrogen-bond acceptors (Lipinski definition) is 4. The molecule has 1 aliphatic rings. The maximum absolute atomic E-state index is 13.2. The van der Waals surface area contributed by atoms with Crippen molar-refractivity contribution < 1.29 is 17.2 Å². The van der Waals surface area contributed by atoms with E-state index in [0.29, 0.717) is 19.5 Å². The molecular formula is C16H20F2N4O2S. The van der Waals surface area contributed by atoms with Crippen LogP contribution in [0.5, 0.6) is 0 Å². The maximum Gasteiger partial charge on any atom is 0.260 e. The first-order chi connectivity index (χ1) is 12.0. The molecule has 1 saturated heterocycles. The third-order valence-electron chi connectivity index (χ3n) is 4.23. The van der Waals surface area contributed by atoms with E-state index in [1.807, 2.05) is 30.3 Å². The molecule has 1 atom stereocenters. The number of hydrogen-bond donors (Lipinski definition) is 1. The number of aromatic nitrogens is 2. The normalized spacial score (nSPS) is 19.4. The van der Waals surface area contributed by atoms with Crippen LogP contribution in [-0.4, -0.2) is 54.6 Å². The van der Waals surface area contributed by atoms with E-state index in [9.17, 15) is 17.2 Å². The van der Waals surface area contributed by atoms with Gasteiger partial charge in [0.15, 0.2) is 5.03 Å². The van der Waals surface area contributed by atoms with Gasteiger partial charge in [-0.15, -0.1) is 0 Å². The van der Waals surface area contributed by atoms with Crippen molar-refractivity contribution in [3.05, 3.63) is 48.2 Å². The SMILES string of the molecule is O=S(=O)(c1ccnn1CCc1ccccc1)N1CCNCC1C(F)F. The quantitative estimate of drug-likeness (QED) is 0.834. The van der Waals surface area contributed by atoms with Crippen LogP contribution in [0.2, 0.25) is 0 Å². The van der Waals surface area contributed by atoms with Crippen molar-refractivity contribution in [2.75, 3.05) is 19.6 Å². The highest BCUT2D eigenvalue weighted by Gasteiger charge is 2.39. The lowest BCUT2D eigenvalue weighted by Gasteiger charge is -2.34. The van der Waals surface area contributed by atoms with Crippen LogP contribution in [0.25, 0.3) is 0 Å². The van der Waals surface area contributed by atoms with Crippen molar-refractivity contribution in [2.45, 2.75) is 30.5 Å². The predicted octanol–water partition coefficient (Wildman–Crippen LogP) is 1.35. The average Bonchev–Trinajstić information content (AvgIpc) is 3.10. The van der Waals surface area contributed by atoms with Gasteiger partial charge in [0.05, 0.1) is 12.2 Å². The van der Waals surface area contributed by atoms with Crippen LogP contribution in [0.1, 0.15) is 5.56 Å². The van der Waals surface area contributed by atoms with Crippen LogP contribution in [0.15, 0.2) is 47.6 Å². The van der Waals surface area contributed by atoms with Crippen molar-refractivity contribution in [1.29, 1.82) is 0 Å². The minimum Gasteiger partial charge on any atom is -0.314 e. The monoisotopic (exact) mass is 370 g/mol. The third-order valence-corrected chi connectivity index (χ3v) is 6.18. The molecule has 1 aliphatic heterocycles. The van der Waals surface area contributed by atoms with E-state index in [1.54, 1.807) is 0 Å². The lowest BCUT2D eigenvalue weighted by Crippen LogP contribution is -2.56. The Morgan fingerprint density at radius 1 is 1.24 bits per heavy atom. The first-order valence-corrected chi connectivity index (χ1v) is 9.50. The van der Waals surface area contributed by atoms with Gasteiger partial charge < -0.3 is 5.32 Å². The Kier molecular flexibility index (Phi) is 5.45. The van der Waals surface area contributed by atoms with Gasteiger partial charge in [0.2, 0.25) is 0 Å². The largest absolute Gasteiger partial charge is 0.314 e. The molecule has 2 heterocycles. The number of aryl methyl sites for hydroxylation is 2. The van der Waals surface area contributed by atoms with Gasteiger partial charge >= 0.3 is 0 Å². The fourth-order valence-corrected chi connectivity index (χ4v) is 4.66. The van der Waals surface area contributed by atoms with Gasteiger partial charge in [0.25, 0.3) is 16.4 Å². The Morgan fingerprint density at radius 2 is 2.00 bits per heavy atom. The summed E-state index contributed by atoms with van der Waals surface area (Å²) in [5, 5.41) is 6.84. The highest BCUT2D eigenvalue weighted by atomic mass is 32.2. The molecule has 0 radical (unpaired) electrons. The zero-order valence-electron chi connectivity index (χ0n) is 13.6. The van der Waals surface area contributed by atoms with Gasteiger partial charge in [-0.25, -0.2) is 17.2 Å². The van der Waals surface area contributed by atoms with E-state index in [-0.39, 0.29) is 18.1 Å². The third kappa shape index (κ3) is 3.88. The molecule has 136 valence electrons. The molecule has 0 saturated carbocycles. The summed E-state index contributed by atoms with van der Waals surface area (Å²) in [5.41, 5.74) is 1.05. The molecule has 9 heteroatoms. The molecular weight excluding hydrogens is 350 g/mol. The molecule has 1 fully saturated rings. The fraction of sp³-hybridized carbons (Fsp3) is 0.438. The second-order valence-corrected chi connectivity index (χ2v) is 7.69. The smallest absolute Gasteiger partial charge is 0.260 e. The second kappa shape index (κ2) is 7.59. The number of piperazine rings is 1. The summed E-state index contributed by atoms with van der Waals surface area (Å²) in [7, 11) is -4.03. The first kappa shape index (κ1) is 18.0. The molecule has 0 spiro atoms. The van der Waals surface area contributed by atoms with E-state index in [1.165, 1.54) is 16.9 Å². The molecule has 6 nitrogen and oxygen atoms in total. The minimum atomic E-state index is -4.03. The number of halogens is 2. The molecule has 3 rings (SSSR count). The topological polar surface area (TPSA) is 67.2 Å². The van der Waals surface area contributed by atoms with Gasteiger partial charge in [-0.05, 0) is 18.1 Å². The Hall–Kier alpha value is -1.84. The first-order valence-electron chi connectivity index (χ1n) is 8.06. The molecule has 0 bridgehead atoms. The molecule has 1 N–H and O–H groups in total. The van der Waals surface area contributed by atoms with Crippen LogP contribution in [0, 0.1) is 0 Å². The van der Waals surface area contributed by atoms with Crippen LogP contribution >= 0.6 is 0 Å². The molecule has 0 aliphatic carbocycles. The Morgan fingerprint density at radius 3 is 2.72 bits per heavy atom. The summed E-state index contributed by atoms with van der Waals surface area (Å²) in [6, 6.07) is 9.61. The summed E-state index contributed by atoms with van der Waals surface area (Å²) < 4.78 is 54.5. The number of benzene rings is 1. The van der Waals surface area contributed by atoms with E-state index in [0.717, 1.165) is 9.87 Å². The van der Waals surface area contributed by atoms with Crippen molar-refractivity contribution in [1.82, 2.24) is 19.4 Å². The molecule has 0 amide bonds. The maximum atomic E-state index is 13.2. The van der Waals surface area contributed by atoms with Crippen molar-refractivity contribution >= 4 is 10.0 Å². The average molecular weight is 370 g/mol. The van der Waals surface area contributed by atoms with Crippen molar-refractivity contribution in [2.24, 2.45) is 0 Å². The number of nitrogens with zero attached hydrogens (tertiary/aromatic N) is 3. The predicted molar refractivity (Wildman–Crippen MR) is 88.9 cm³/mol. The highest BCUT2D eigenvalue weighted by molar-refractivity contribution is 7.89. The van der Waals surface area contributed by atoms with Crippen LogP contribution < -0.4 is 5.32 Å². The van der Waals surface area contributed by atoms with Gasteiger partial charge in [0.1, 0.15) is 0 Å². The summed E-state index contributed by atoms with van der Waals surface area (Å²) in [6.45, 7) is 0.661. The number of nitrogens with one attached hydrogen (secondary N) is 1. The van der Waals surface area contributed by atoms with E-state index < -0.39 is 22.5 Å². The van der Waals surface area contributed by atoms with Gasteiger partial charge in [-0.1, -0.05) is 30.3 Å². The van der Waals surface area contributed by atoms with Crippen LogP contribution in [0.3, 0.4) is 0 Å². The Balaban J connectivity index is 1.82. The number of alkyl halides is 2. The summed E-state index contributed by atoms with van der Waals surface area (Å²) in [4.78, 5) is 0.